The molecule has 1 aromatic carbocycles. The molecule has 0 saturated heterocycles. The smallest absolute Gasteiger partial charge is 0.276 e. The van der Waals surface area contributed by atoms with Crippen LogP contribution in [0.3, 0.4) is 0 Å². The van der Waals surface area contributed by atoms with Crippen LogP contribution in [-0.4, -0.2) is 21.8 Å². The number of benzene rings is 1. The van der Waals surface area contributed by atoms with Crippen molar-refractivity contribution < 1.29 is 9.59 Å². The summed E-state index contributed by atoms with van der Waals surface area (Å²) in [5.41, 5.74) is 0.358. The normalized spacial score (nSPS) is 11.8. The van der Waals surface area contributed by atoms with E-state index in [0.29, 0.717) is 16.8 Å². The summed E-state index contributed by atoms with van der Waals surface area (Å²) in [6.07, 6.45) is 1.75. The highest BCUT2D eigenvalue weighted by molar-refractivity contribution is 7.71. The molecular formula is C18H21N3O3S. The summed E-state index contributed by atoms with van der Waals surface area (Å²) in [7, 11) is 0. The van der Waals surface area contributed by atoms with Gasteiger partial charge in [-0.25, -0.2) is 4.90 Å². The van der Waals surface area contributed by atoms with E-state index in [1.165, 1.54) is 0 Å². The zero-order chi connectivity index (χ0) is 19.1. The average molecular weight is 359 g/mol. The van der Waals surface area contributed by atoms with E-state index in [9.17, 15) is 14.4 Å². The second kappa shape index (κ2) is 8.89. The topological polar surface area (TPSA) is 86.0 Å². The van der Waals surface area contributed by atoms with Crippen molar-refractivity contribution >= 4 is 29.7 Å². The lowest BCUT2D eigenvalue weighted by Crippen LogP contribution is -2.35. The molecule has 1 aromatic heterocycles. The average Bonchev–Trinajstić information content (AvgIpc) is 2.82. The van der Waals surface area contributed by atoms with Crippen LogP contribution < -0.4 is 10.5 Å². The second-order valence-electron chi connectivity index (χ2n) is 4.78. The number of amides is 2. The Labute approximate surface area is 151 Å². The van der Waals surface area contributed by atoms with Crippen molar-refractivity contribution in [2.45, 2.75) is 27.7 Å². The maximum Gasteiger partial charge on any atom is 0.276 e. The Hall–Kier alpha value is -2.80. The van der Waals surface area contributed by atoms with Gasteiger partial charge in [-0.2, -0.15) is 0 Å². The molecule has 132 valence electrons. The monoisotopic (exact) mass is 359 g/mol. The number of carbonyl (C=O) groups excluding carboxylic acids is 2. The van der Waals surface area contributed by atoms with Crippen LogP contribution in [0.2, 0.25) is 0 Å². The largest absolute Gasteiger partial charge is 0.334 e. The van der Waals surface area contributed by atoms with Crippen LogP contribution in [0.15, 0.2) is 41.7 Å². The van der Waals surface area contributed by atoms with Gasteiger partial charge in [-0.05, 0) is 38.2 Å². The SMILES string of the molecule is C=CC.CC.Cc1[nH]c(=S)[nH]c(=O)c1N1C(=O)c2ccccc2C1=O. The van der Waals surface area contributed by atoms with E-state index in [1.807, 2.05) is 20.8 Å². The molecule has 2 amide bonds. The highest BCUT2D eigenvalue weighted by atomic mass is 32.1. The first kappa shape index (κ1) is 20.2. The number of anilines is 1. The molecule has 7 heteroatoms. The quantitative estimate of drug-likeness (QED) is 0.461. The Bertz CT molecular complexity index is 877. The van der Waals surface area contributed by atoms with Crippen LogP contribution >= 0.6 is 12.2 Å². The number of nitrogens with one attached hydrogen (secondary N) is 2. The van der Waals surface area contributed by atoms with Gasteiger partial charge in [0.25, 0.3) is 17.4 Å². The lowest BCUT2D eigenvalue weighted by atomic mass is 10.1. The summed E-state index contributed by atoms with van der Waals surface area (Å²) in [5.74, 6) is -1.02. The van der Waals surface area contributed by atoms with Crippen LogP contribution in [0.25, 0.3) is 0 Å². The van der Waals surface area contributed by atoms with Gasteiger partial charge in [-0.1, -0.05) is 32.1 Å². The zero-order valence-electron chi connectivity index (χ0n) is 14.7. The zero-order valence-corrected chi connectivity index (χ0v) is 15.5. The number of imide groups is 1. The summed E-state index contributed by atoms with van der Waals surface area (Å²) in [4.78, 5) is 42.6. The van der Waals surface area contributed by atoms with Gasteiger partial charge >= 0.3 is 0 Å². The number of fused-ring (bicyclic) bond motifs is 1. The first-order valence-electron chi connectivity index (χ1n) is 7.80. The van der Waals surface area contributed by atoms with Crippen LogP contribution in [0.4, 0.5) is 5.69 Å². The summed E-state index contributed by atoms with van der Waals surface area (Å²) < 4.78 is 0.146. The number of aryl methyl sites for hydroxylation is 1. The highest BCUT2D eigenvalue weighted by Crippen LogP contribution is 2.27. The molecule has 0 unspecified atom stereocenters. The van der Waals surface area contributed by atoms with Crippen LogP contribution in [0.5, 0.6) is 0 Å². The molecule has 0 fully saturated rings. The molecule has 1 aliphatic heterocycles. The molecule has 0 radical (unpaired) electrons. The maximum absolute atomic E-state index is 12.3. The Balaban J connectivity index is 0.000000567. The number of rotatable bonds is 1. The molecule has 0 saturated carbocycles. The lowest BCUT2D eigenvalue weighted by molar-refractivity contribution is 0.0925. The Morgan fingerprint density at radius 3 is 1.88 bits per heavy atom. The van der Waals surface area contributed by atoms with Gasteiger partial charge in [0.05, 0.1) is 11.1 Å². The molecule has 1 aliphatic rings. The van der Waals surface area contributed by atoms with Gasteiger partial charge in [-0.15, -0.1) is 6.58 Å². The molecule has 0 bridgehead atoms. The van der Waals surface area contributed by atoms with Crippen molar-refractivity contribution in [1.29, 1.82) is 0 Å². The fourth-order valence-electron chi connectivity index (χ4n) is 2.25. The van der Waals surface area contributed by atoms with Crippen molar-refractivity contribution in [2.24, 2.45) is 0 Å². The third-order valence-electron chi connectivity index (χ3n) is 3.12. The van der Waals surface area contributed by atoms with Gasteiger partial charge in [-0.3, -0.25) is 19.4 Å². The van der Waals surface area contributed by atoms with E-state index < -0.39 is 17.4 Å². The lowest BCUT2D eigenvalue weighted by Gasteiger charge is -2.14. The van der Waals surface area contributed by atoms with Crippen LogP contribution in [0, 0.1) is 11.7 Å². The second-order valence-corrected chi connectivity index (χ2v) is 5.19. The van der Waals surface area contributed by atoms with E-state index in [4.69, 9.17) is 12.2 Å². The molecule has 2 aromatic rings. The van der Waals surface area contributed by atoms with Crippen molar-refractivity contribution in [1.82, 2.24) is 9.97 Å². The van der Waals surface area contributed by atoms with Gasteiger partial charge in [0, 0.05) is 5.69 Å². The minimum absolute atomic E-state index is 0.0233. The van der Waals surface area contributed by atoms with Gasteiger partial charge in [0.15, 0.2) is 4.77 Å². The van der Waals surface area contributed by atoms with Crippen LogP contribution in [-0.2, 0) is 0 Å². The van der Waals surface area contributed by atoms with E-state index in [1.54, 1.807) is 37.3 Å². The number of aromatic nitrogens is 2. The predicted octanol–water partition coefficient (Wildman–Crippen LogP) is 3.76. The molecular weight excluding hydrogens is 338 g/mol. The number of hydrogen-bond acceptors (Lipinski definition) is 4. The molecule has 25 heavy (non-hydrogen) atoms. The molecule has 2 N–H and O–H groups in total. The third-order valence-corrected chi connectivity index (χ3v) is 3.32. The number of H-pyrrole nitrogens is 2. The fraction of sp³-hybridized carbons (Fsp3) is 0.222. The minimum Gasteiger partial charge on any atom is -0.334 e. The predicted molar refractivity (Wildman–Crippen MR) is 102 cm³/mol. The first-order valence-corrected chi connectivity index (χ1v) is 8.21. The van der Waals surface area contributed by atoms with Gasteiger partial charge < -0.3 is 4.98 Å². The van der Waals surface area contributed by atoms with Crippen molar-refractivity contribution in [2.75, 3.05) is 4.90 Å². The summed E-state index contributed by atoms with van der Waals surface area (Å²) in [6.45, 7) is 10.8. The molecule has 0 spiro atoms. The van der Waals surface area contributed by atoms with Crippen molar-refractivity contribution in [3.05, 3.63) is 68.9 Å². The van der Waals surface area contributed by atoms with Gasteiger partial charge in [0.2, 0.25) is 0 Å². The highest BCUT2D eigenvalue weighted by Gasteiger charge is 2.38. The summed E-state index contributed by atoms with van der Waals surface area (Å²) in [6, 6.07) is 6.46. The third kappa shape index (κ3) is 4.00. The summed E-state index contributed by atoms with van der Waals surface area (Å²) in [5, 5.41) is 0. The number of allylic oxidation sites excluding steroid dienone is 1. The Morgan fingerprint density at radius 1 is 1.04 bits per heavy atom. The number of nitrogens with zero attached hydrogens (tertiary/aromatic N) is 1. The van der Waals surface area contributed by atoms with Crippen molar-refractivity contribution in [3.8, 4) is 0 Å². The number of aromatic amines is 2. The van der Waals surface area contributed by atoms with E-state index in [-0.39, 0.29) is 10.5 Å². The number of carbonyl (C=O) groups is 2. The van der Waals surface area contributed by atoms with Crippen molar-refractivity contribution in [3.63, 3.8) is 0 Å². The fourth-order valence-corrected chi connectivity index (χ4v) is 2.50. The Kier molecular flexibility index (Phi) is 7.20. The van der Waals surface area contributed by atoms with E-state index in [2.05, 4.69) is 16.5 Å². The van der Waals surface area contributed by atoms with E-state index >= 15 is 0 Å². The first-order chi connectivity index (χ1) is 11.9. The minimum atomic E-state index is -0.569. The molecule has 2 heterocycles. The Morgan fingerprint density at radius 2 is 1.48 bits per heavy atom. The van der Waals surface area contributed by atoms with Crippen LogP contribution in [0.1, 0.15) is 47.2 Å². The summed E-state index contributed by atoms with van der Waals surface area (Å²) >= 11 is 4.85. The van der Waals surface area contributed by atoms with Gasteiger partial charge in [0.1, 0.15) is 5.69 Å². The number of hydrogen-bond donors (Lipinski definition) is 2. The van der Waals surface area contributed by atoms with E-state index in [0.717, 1.165) is 4.90 Å². The maximum atomic E-state index is 12.3. The molecule has 6 nitrogen and oxygen atoms in total. The molecule has 3 rings (SSSR count). The molecule has 0 atom stereocenters. The standard InChI is InChI=1S/C13H9N3O3S.C3H6.C2H6/c1-6-9(10(17)15-13(20)14-6)16-11(18)7-4-2-3-5-8(7)12(16)19;1-3-2;1-2/h2-5H,1H3,(H2,14,15,17,20);3H,1H2,2H3;1-2H3. The molecule has 0 aliphatic carbocycles.